The van der Waals surface area contributed by atoms with Crippen LogP contribution >= 0.6 is 0 Å². The number of rotatable bonds is 5. The first kappa shape index (κ1) is 28.3. The Morgan fingerprint density at radius 2 is 0.920 bits per heavy atom. The van der Waals surface area contributed by atoms with Gasteiger partial charge in [0, 0.05) is 43.9 Å². The Labute approximate surface area is 289 Å². The van der Waals surface area contributed by atoms with Crippen LogP contribution in [0, 0.1) is 6.07 Å². The maximum absolute atomic E-state index is 5.20. The third kappa shape index (κ3) is 4.46. The van der Waals surface area contributed by atoms with Gasteiger partial charge in [-0.25, -0.2) is 9.97 Å². The highest BCUT2D eigenvalue weighted by Gasteiger charge is 2.18. The number of aromatic nitrogens is 4. The van der Waals surface area contributed by atoms with E-state index in [9.17, 15) is 0 Å². The van der Waals surface area contributed by atoms with E-state index in [0.717, 1.165) is 50.5 Å². The quantitative estimate of drug-likeness (QED) is 0.188. The molecule has 7 aromatic carbocycles. The monoisotopic (exact) mass is 637 g/mol. The highest BCUT2D eigenvalue weighted by atomic mass is 15.0. The molecule has 50 heavy (non-hydrogen) atoms. The van der Waals surface area contributed by atoms with E-state index >= 15 is 0 Å². The molecule has 1 radical (unpaired) electrons. The van der Waals surface area contributed by atoms with Crippen molar-refractivity contribution in [1.82, 2.24) is 19.1 Å². The first-order chi connectivity index (χ1) is 24.8. The van der Waals surface area contributed by atoms with Crippen LogP contribution in [0.25, 0.3) is 88.9 Å². The SMILES string of the molecule is [c]1ccccc1-c1nc(-c2ccc(-n3c4ccccc4c4ccccc43)cc2)cc(-c2ccccc2-n2c3ccccc3c3ccccc32)n1. The third-order valence-electron chi connectivity index (χ3n) is 9.68. The Morgan fingerprint density at radius 3 is 1.50 bits per heavy atom. The highest BCUT2D eigenvalue weighted by Crippen LogP contribution is 2.37. The standard InChI is InChI=1S/C46H29N4/c1-2-14-32(15-3-1)46-47-39(31-26-28-33(29-27-31)49-41-21-9-4-16-34(41)35-17-5-10-22-42(35)49)30-40(48-46)38-20-8-13-25-45(38)50-43-23-11-6-18-36(43)37-19-7-12-24-44(37)50/h1-14,16-30H. The minimum atomic E-state index is 0.640. The van der Waals surface area contributed by atoms with Crippen molar-refractivity contribution in [3.8, 4) is 45.3 Å². The zero-order chi connectivity index (χ0) is 33.0. The Hall–Kier alpha value is -6.78. The molecular formula is C46H29N4. The second-order valence-corrected chi connectivity index (χ2v) is 12.5. The van der Waals surface area contributed by atoms with E-state index in [1.54, 1.807) is 0 Å². The van der Waals surface area contributed by atoms with Gasteiger partial charge in [0.1, 0.15) is 0 Å². The molecule has 0 bridgehead atoms. The van der Waals surface area contributed by atoms with Crippen LogP contribution in [0.5, 0.6) is 0 Å². The van der Waals surface area contributed by atoms with Crippen LogP contribution in [0.2, 0.25) is 0 Å². The molecule has 4 nitrogen and oxygen atoms in total. The van der Waals surface area contributed by atoms with Crippen molar-refractivity contribution in [1.29, 1.82) is 0 Å². The lowest BCUT2D eigenvalue weighted by atomic mass is 10.0. The number of benzene rings is 7. The van der Waals surface area contributed by atoms with E-state index < -0.39 is 0 Å². The van der Waals surface area contributed by atoms with Crippen LogP contribution in [-0.2, 0) is 0 Å². The van der Waals surface area contributed by atoms with Crippen molar-refractivity contribution in [2.45, 2.75) is 0 Å². The Balaban J connectivity index is 1.16. The van der Waals surface area contributed by atoms with Gasteiger partial charge < -0.3 is 9.13 Å². The summed E-state index contributed by atoms with van der Waals surface area (Å²) < 4.78 is 4.70. The van der Waals surface area contributed by atoms with Gasteiger partial charge in [-0.1, -0.05) is 127 Å². The summed E-state index contributed by atoms with van der Waals surface area (Å²) in [6.07, 6.45) is 0. The van der Waals surface area contributed by atoms with Gasteiger partial charge in [-0.3, -0.25) is 0 Å². The number of hydrogen-bond acceptors (Lipinski definition) is 2. The first-order valence-corrected chi connectivity index (χ1v) is 16.8. The Kier molecular flexibility index (Phi) is 6.46. The van der Waals surface area contributed by atoms with Crippen molar-refractivity contribution in [2.24, 2.45) is 0 Å². The van der Waals surface area contributed by atoms with Crippen LogP contribution in [-0.4, -0.2) is 19.1 Å². The average molecular weight is 638 g/mol. The van der Waals surface area contributed by atoms with E-state index in [0.29, 0.717) is 5.82 Å². The lowest BCUT2D eigenvalue weighted by molar-refractivity contribution is 1.15. The van der Waals surface area contributed by atoms with Gasteiger partial charge in [0.15, 0.2) is 5.82 Å². The molecule has 3 heterocycles. The molecule has 3 aromatic heterocycles. The molecule has 0 N–H and O–H groups in total. The molecule has 0 saturated heterocycles. The number of fused-ring (bicyclic) bond motifs is 6. The summed E-state index contributed by atoms with van der Waals surface area (Å²) in [5, 5.41) is 4.95. The highest BCUT2D eigenvalue weighted by molar-refractivity contribution is 6.10. The predicted molar refractivity (Wildman–Crippen MR) is 206 cm³/mol. The van der Waals surface area contributed by atoms with Crippen LogP contribution in [0.1, 0.15) is 0 Å². The molecule has 0 spiro atoms. The van der Waals surface area contributed by atoms with Crippen molar-refractivity contribution in [3.63, 3.8) is 0 Å². The summed E-state index contributed by atoms with van der Waals surface area (Å²) in [6.45, 7) is 0. The van der Waals surface area contributed by atoms with Gasteiger partial charge in [0.05, 0.1) is 39.1 Å². The number of para-hydroxylation sites is 5. The third-order valence-corrected chi connectivity index (χ3v) is 9.68. The molecule has 0 saturated carbocycles. The molecular weight excluding hydrogens is 609 g/mol. The van der Waals surface area contributed by atoms with Crippen molar-refractivity contribution >= 4 is 43.6 Å². The summed E-state index contributed by atoms with van der Waals surface area (Å²) in [7, 11) is 0. The van der Waals surface area contributed by atoms with E-state index in [4.69, 9.17) is 9.97 Å². The molecule has 233 valence electrons. The van der Waals surface area contributed by atoms with Crippen molar-refractivity contribution in [2.75, 3.05) is 0 Å². The van der Waals surface area contributed by atoms with Crippen LogP contribution in [0.3, 0.4) is 0 Å². The molecule has 0 fully saturated rings. The van der Waals surface area contributed by atoms with Gasteiger partial charge >= 0.3 is 0 Å². The zero-order valence-electron chi connectivity index (χ0n) is 27.0. The maximum Gasteiger partial charge on any atom is 0.161 e. The molecule has 10 aromatic rings. The fourth-order valence-corrected chi connectivity index (χ4v) is 7.44. The second kappa shape index (κ2) is 11.4. The fraction of sp³-hybridized carbons (Fsp3) is 0. The minimum absolute atomic E-state index is 0.640. The van der Waals surface area contributed by atoms with Gasteiger partial charge in [0.25, 0.3) is 0 Å². The molecule has 0 unspecified atom stereocenters. The van der Waals surface area contributed by atoms with Gasteiger partial charge in [0.2, 0.25) is 0 Å². The topological polar surface area (TPSA) is 35.6 Å². The van der Waals surface area contributed by atoms with Gasteiger partial charge in [-0.05, 0) is 54.6 Å². The van der Waals surface area contributed by atoms with E-state index in [1.165, 1.54) is 32.6 Å². The minimum Gasteiger partial charge on any atom is -0.309 e. The number of hydrogen-bond donors (Lipinski definition) is 0. The van der Waals surface area contributed by atoms with E-state index in [1.807, 2.05) is 24.3 Å². The lowest BCUT2D eigenvalue weighted by Crippen LogP contribution is -2.01. The summed E-state index contributed by atoms with van der Waals surface area (Å²) in [6, 6.07) is 65.1. The second-order valence-electron chi connectivity index (χ2n) is 12.5. The van der Waals surface area contributed by atoms with Gasteiger partial charge in [-0.15, -0.1) is 0 Å². The Bertz CT molecular complexity index is 2750. The summed E-state index contributed by atoms with van der Waals surface area (Å²) in [5.41, 5.74) is 11.5. The predicted octanol–water partition coefficient (Wildman–Crippen LogP) is 11.5. The fourth-order valence-electron chi connectivity index (χ4n) is 7.44. The van der Waals surface area contributed by atoms with Crippen LogP contribution in [0.4, 0.5) is 0 Å². The van der Waals surface area contributed by atoms with Crippen molar-refractivity contribution in [3.05, 3.63) is 182 Å². The molecule has 0 amide bonds. The Morgan fingerprint density at radius 1 is 0.420 bits per heavy atom. The lowest BCUT2D eigenvalue weighted by Gasteiger charge is -2.15. The molecule has 4 heteroatoms. The molecule has 10 rings (SSSR count). The average Bonchev–Trinajstić information content (AvgIpc) is 3.71. The number of nitrogens with zero attached hydrogens (tertiary/aromatic N) is 4. The molecule has 0 aliphatic rings. The zero-order valence-corrected chi connectivity index (χ0v) is 27.0. The summed E-state index contributed by atoms with van der Waals surface area (Å²) in [5.74, 6) is 0.640. The summed E-state index contributed by atoms with van der Waals surface area (Å²) in [4.78, 5) is 10.3. The van der Waals surface area contributed by atoms with E-state index in [2.05, 4.69) is 167 Å². The van der Waals surface area contributed by atoms with Crippen LogP contribution in [0.15, 0.2) is 176 Å². The smallest absolute Gasteiger partial charge is 0.161 e. The van der Waals surface area contributed by atoms with Crippen LogP contribution < -0.4 is 0 Å². The first-order valence-electron chi connectivity index (χ1n) is 16.8. The largest absolute Gasteiger partial charge is 0.309 e. The maximum atomic E-state index is 5.20. The van der Waals surface area contributed by atoms with Crippen molar-refractivity contribution < 1.29 is 0 Å². The molecule has 0 aliphatic carbocycles. The van der Waals surface area contributed by atoms with E-state index in [-0.39, 0.29) is 0 Å². The van der Waals surface area contributed by atoms with Gasteiger partial charge in [-0.2, -0.15) is 0 Å². The molecule has 0 atom stereocenters. The molecule has 0 aliphatic heterocycles. The summed E-state index contributed by atoms with van der Waals surface area (Å²) >= 11 is 0. The normalized spacial score (nSPS) is 11.6.